The molecule has 32 heavy (non-hydrogen) atoms. The molecule has 0 amide bonds. The van der Waals surface area contributed by atoms with E-state index in [1.165, 1.54) is 28.7 Å². The average Bonchev–Trinajstić information content (AvgIpc) is 3.17. The van der Waals surface area contributed by atoms with Crippen molar-refractivity contribution in [1.82, 2.24) is 14.9 Å². The molecule has 6 nitrogen and oxygen atoms in total. The molecule has 2 aliphatic rings. The highest BCUT2D eigenvalue weighted by atomic mass is 35.5. The summed E-state index contributed by atoms with van der Waals surface area (Å²) < 4.78 is 5.27. The number of aliphatic hydroxyl groups is 1. The van der Waals surface area contributed by atoms with Gasteiger partial charge in [-0.1, -0.05) is 17.7 Å². The molecule has 2 N–H and O–H groups in total. The Morgan fingerprint density at radius 2 is 2.03 bits per heavy atom. The highest BCUT2D eigenvalue weighted by Crippen LogP contribution is 2.39. The van der Waals surface area contributed by atoms with Crippen molar-refractivity contribution in [2.75, 3.05) is 25.5 Å². The normalized spacial score (nSPS) is 17.5. The van der Waals surface area contributed by atoms with E-state index in [1.807, 2.05) is 29.5 Å². The van der Waals surface area contributed by atoms with Gasteiger partial charge in [-0.25, -0.2) is 9.97 Å². The molecule has 1 saturated heterocycles. The summed E-state index contributed by atoms with van der Waals surface area (Å²) in [6.45, 7) is 3.12. The summed E-state index contributed by atoms with van der Waals surface area (Å²) in [5.41, 5.74) is 2.51. The molecule has 170 valence electrons. The van der Waals surface area contributed by atoms with Crippen LogP contribution in [0.3, 0.4) is 0 Å². The number of benzene rings is 1. The number of nitrogens with zero attached hydrogens (tertiary/aromatic N) is 3. The van der Waals surface area contributed by atoms with Gasteiger partial charge in [0.25, 0.3) is 0 Å². The number of rotatable bonds is 6. The zero-order chi connectivity index (χ0) is 22.1. The van der Waals surface area contributed by atoms with Crippen LogP contribution in [0.15, 0.2) is 18.2 Å². The van der Waals surface area contributed by atoms with Crippen LogP contribution in [0.4, 0.5) is 5.82 Å². The van der Waals surface area contributed by atoms with Crippen LogP contribution in [0.25, 0.3) is 10.2 Å². The fourth-order valence-electron chi connectivity index (χ4n) is 4.68. The first-order chi connectivity index (χ1) is 15.6. The van der Waals surface area contributed by atoms with E-state index in [1.54, 1.807) is 7.11 Å². The molecule has 2 aromatic heterocycles. The van der Waals surface area contributed by atoms with Gasteiger partial charge < -0.3 is 15.2 Å². The SMILES string of the molecule is COc1ccc(CNc2nc(CN3CCC(O)CC3)nc3sc4c(c23)CCCC4)cc1Cl. The molecule has 3 aromatic rings. The van der Waals surface area contributed by atoms with Gasteiger partial charge in [-0.15, -0.1) is 11.3 Å². The van der Waals surface area contributed by atoms with Crippen LogP contribution in [0.2, 0.25) is 5.02 Å². The van der Waals surface area contributed by atoms with Gasteiger partial charge in [0.2, 0.25) is 0 Å². The molecule has 0 spiro atoms. The lowest BCUT2D eigenvalue weighted by atomic mass is 9.97. The molecule has 0 atom stereocenters. The van der Waals surface area contributed by atoms with E-state index < -0.39 is 0 Å². The van der Waals surface area contributed by atoms with Crippen LogP contribution in [-0.4, -0.2) is 46.3 Å². The molecule has 0 unspecified atom stereocenters. The number of anilines is 1. The average molecular weight is 473 g/mol. The van der Waals surface area contributed by atoms with E-state index in [2.05, 4.69) is 10.2 Å². The van der Waals surface area contributed by atoms with E-state index in [-0.39, 0.29) is 6.10 Å². The summed E-state index contributed by atoms with van der Waals surface area (Å²) in [5, 5.41) is 15.2. The number of aromatic nitrogens is 2. The van der Waals surface area contributed by atoms with Crippen LogP contribution >= 0.6 is 22.9 Å². The molecule has 0 saturated carbocycles. The van der Waals surface area contributed by atoms with Gasteiger partial charge in [-0.05, 0) is 61.8 Å². The lowest BCUT2D eigenvalue weighted by molar-refractivity contribution is 0.0781. The Balaban J connectivity index is 1.44. The third-order valence-electron chi connectivity index (χ3n) is 6.46. The number of aryl methyl sites for hydroxylation is 2. The lowest BCUT2D eigenvalue weighted by Gasteiger charge is -2.28. The number of hydrogen-bond donors (Lipinski definition) is 2. The Hall–Kier alpha value is -1.93. The number of piperidine rings is 1. The van der Waals surface area contributed by atoms with Crippen LogP contribution in [-0.2, 0) is 25.9 Å². The van der Waals surface area contributed by atoms with Crippen LogP contribution in [0.5, 0.6) is 5.75 Å². The van der Waals surface area contributed by atoms with Crippen LogP contribution in [0.1, 0.15) is 47.5 Å². The molecule has 8 heteroatoms. The summed E-state index contributed by atoms with van der Waals surface area (Å²) in [6, 6.07) is 5.87. The third-order valence-corrected chi connectivity index (χ3v) is 7.94. The monoisotopic (exact) mass is 472 g/mol. The first-order valence-corrected chi connectivity index (χ1v) is 12.6. The molecule has 0 bridgehead atoms. The van der Waals surface area contributed by atoms with Gasteiger partial charge in [-0.2, -0.15) is 0 Å². The number of halogens is 1. The lowest BCUT2D eigenvalue weighted by Crippen LogP contribution is -2.35. The van der Waals surface area contributed by atoms with Crippen molar-refractivity contribution in [3.63, 3.8) is 0 Å². The van der Waals surface area contributed by atoms with Crippen molar-refractivity contribution < 1.29 is 9.84 Å². The van der Waals surface area contributed by atoms with E-state index in [0.717, 1.165) is 60.8 Å². The van der Waals surface area contributed by atoms with Gasteiger partial charge in [0, 0.05) is 24.5 Å². The molecule has 3 heterocycles. The topological polar surface area (TPSA) is 70.5 Å². The Kier molecular flexibility index (Phi) is 6.51. The smallest absolute Gasteiger partial charge is 0.146 e. The van der Waals surface area contributed by atoms with Gasteiger partial charge >= 0.3 is 0 Å². The number of fused-ring (bicyclic) bond motifs is 3. The molecular weight excluding hydrogens is 444 g/mol. The molecule has 5 rings (SSSR count). The van der Waals surface area contributed by atoms with Gasteiger partial charge in [0.15, 0.2) is 0 Å². The second-order valence-electron chi connectivity index (χ2n) is 8.71. The van der Waals surface area contributed by atoms with E-state index >= 15 is 0 Å². The van der Waals surface area contributed by atoms with Crippen molar-refractivity contribution in [3.05, 3.63) is 45.1 Å². The van der Waals surface area contributed by atoms with Crippen LogP contribution < -0.4 is 10.1 Å². The molecular formula is C24H29ClN4O2S. The van der Waals surface area contributed by atoms with E-state index in [9.17, 15) is 5.11 Å². The predicted octanol–water partition coefficient (Wildman–Crippen LogP) is 4.80. The van der Waals surface area contributed by atoms with Gasteiger partial charge in [0.05, 0.1) is 30.2 Å². The first-order valence-electron chi connectivity index (χ1n) is 11.4. The maximum absolute atomic E-state index is 9.82. The fourth-order valence-corrected chi connectivity index (χ4v) is 6.24. The number of likely N-dealkylation sites (tertiary alicyclic amines) is 1. The number of ether oxygens (including phenoxy) is 1. The van der Waals surface area contributed by atoms with Crippen LogP contribution in [0, 0.1) is 0 Å². The quantitative estimate of drug-likeness (QED) is 0.537. The van der Waals surface area contributed by atoms with Gasteiger partial charge in [-0.3, -0.25) is 4.90 Å². The molecule has 1 aromatic carbocycles. The fraction of sp³-hybridized carbons (Fsp3) is 0.500. The minimum atomic E-state index is -0.174. The molecule has 0 radical (unpaired) electrons. The Morgan fingerprint density at radius 1 is 1.22 bits per heavy atom. The van der Waals surface area contributed by atoms with Crippen molar-refractivity contribution in [3.8, 4) is 5.75 Å². The summed E-state index contributed by atoms with van der Waals surface area (Å²) in [7, 11) is 1.63. The summed E-state index contributed by atoms with van der Waals surface area (Å²) in [6.07, 6.45) is 6.19. The predicted molar refractivity (Wildman–Crippen MR) is 130 cm³/mol. The summed E-state index contributed by atoms with van der Waals surface area (Å²) in [4.78, 5) is 14.9. The summed E-state index contributed by atoms with van der Waals surface area (Å²) in [5.74, 6) is 2.46. The number of aliphatic hydroxyl groups excluding tert-OH is 1. The van der Waals surface area contributed by atoms with E-state index in [0.29, 0.717) is 23.9 Å². The third kappa shape index (κ3) is 4.57. The second-order valence-corrected chi connectivity index (χ2v) is 10.2. The highest BCUT2D eigenvalue weighted by molar-refractivity contribution is 7.19. The van der Waals surface area contributed by atoms with Crippen molar-refractivity contribution in [2.45, 2.75) is 57.7 Å². The highest BCUT2D eigenvalue weighted by Gasteiger charge is 2.23. The zero-order valence-electron chi connectivity index (χ0n) is 18.4. The maximum atomic E-state index is 9.82. The zero-order valence-corrected chi connectivity index (χ0v) is 19.9. The van der Waals surface area contributed by atoms with Crippen molar-refractivity contribution in [2.24, 2.45) is 0 Å². The first kappa shape index (κ1) is 21.9. The second kappa shape index (κ2) is 9.51. The molecule has 1 fully saturated rings. The van der Waals surface area contributed by atoms with Crippen molar-refractivity contribution in [1.29, 1.82) is 0 Å². The molecule has 1 aliphatic carbocycles. The number of nitrogens with one attached hydrogen (secondary N) is 1. The van der Waals surface area contributed by atoms with Gasteiger partial charge in [0.1, 0.15) is 22.2 Å². The number of hydrogen-bond acceptors (Lipinski definition) is 7. The Morgan fingerprint density at radius 3 is 2.81 bits per heavy atom. The van der Waals surface area contributed by atoms with Crippen molar-refractivity contribution >= 4 is 39.0 Å². The largest absolute Gasteiger partial charge is 0.495 e. The number of methoxy groups -OCH3 is 1. The summed E-state index contributed by atoms with van der Waals surface area (Å²) >= 11 is 8.16. The molecule has 1 aliphatic heterocycles. The number of thiophene rings is 1. The Labute approximate surface area is 197 Å². The Bertz CT molecular complexity index is 1110. The maximum Gasteiger partial charge on any atom is 0.146 e. The standard InChI is InChI=1S/C24H29ClN4O2S/c1-31-19-7-6-15(12-18(19)25)13-26-23-22-17-4-2-3-5-20(17)32-24(22)28-21(27-23)14-29-10-8-16(30)9-11-29/h6-7,12,16,30H,2-5,8-11,13-14H2,1H3,(H,26,27,28). The minimum absolute atomic E-state index is 0.174. The van der Waals surface area contributed by atoms with E-state index in [4.69, 9.17) is 26.3 Å². The minimum Gasteiger partial charge on any atom is -0.495 e.